The number of piperidine rings is 1. The van der Waals surface area contributed by atoms with E-state index in [9.17, 15) is 4.79 Å². The Morgan fingerprint density at radius 3 is 2.92 bits per heavy atom. The van der Waals surface area contributed by atoms with Gasteiger partial charge in [-0.2, -0.15) is 0 Å². The third kappa shape index (κ3) is 4.00. The van der Waals surface area contributed by atoms with Crippen molar-refractivity contribution in [2.75, 3.05) is 23.3 Å². The van der Waals surface area contributed by atoms with Gasteiger partial charge in [-0.1, -0.05) is 30.1 Å². The molecule has 1 unspecified atom stereocenters. The predicted molar refractivity (Wildman–Crippen MR) is 99.3 cm³/mol. The molecule has 1 N–H and O–H groups in total. The highest BCUT2D eigenvalue weighted by Crippen LogP contribution is 2.27. The molecule has 126 valence electrons. The molecule has 3 rings (SSSR count). The van der Waals surface area contributed by atoms with E-state index in [-0.39, 0.29) is 5.91 Å². The van der Waals surface area contributed by atoms with Gasteiger partial charge in [-0.25, -0.2) is 0 Å². The largest absolute Gasteiger partial charge is 0.370 e. The molecular formula is C18H19Cl2N3O. The van der Waals surface area contributed by atoms with Gasteiger partial charge in [-0.3, -0.25) is 9.78 Å². The number of nitrogens with one attached hydrogen (secondary N) is 1. The summed E-state index contributed by atoms with van der Waals surface area (Å²) in [6.07, 6.45) is 5.78. The molecule has 6 heteroatoms. The lowest BCUT2D eigenvalue weighted by atomic mass is 10.00. The van der Waals surface area contributed by atoms with Crippen LogP contribution in [0.2, 0.25) is 10.0 Å². The first-order valence-electron chi connectivity index (χ1n) is 7.99. The molecule has 1 amide bonds. The second-order valence-corrected chi connectivity index (χ2v) is 7.05. The van der Waals surface area contributed by atoms with Crippen molar-refractivity contribution < 1.29 is 4.79 Å². The lowest BCUT2D eigenvalue weighted by Crippen LogP contribution is -2.34. The van der Waals surface area contributed by atoms with Crippen LogP contribution in [0.15, 0.2) is 36.7 Å². The van der Waals surface area contributed by atoms with Crippen LogP contribution >= 0.6 is 23.2 Å². The molecule has 1 fully saturated rings. The summed E-state index contributed by atoms with van der Waals surface area (Å²) in [5.41, 5.74) is 1.97. The summed E-state index contributed by atoms with van der Waals surface area (Å²) in [4.78, 5) is 19.0. The SMILES string of the molecule is CC1CCCN(c2cncc(C(=O)Nc3cc(Cl)ccc3Cl)c2)C1. The molecule has 1 aromatic heterocycles. The monoisotopic (exact) mass is 363 g/mol. The first kappa shape index (κ1) is 17.1. The third-order valence-electron chi connectivity index (χ3n) is 4.18. The number of carbonyl (C=O) groups is 1. The zero-order chi connectivity index (χ0) is 17.1. The Morgan fingerprint density at radius 2 is 2.12 bits per heavy atom. The lowest BCUT2D eigenvalue weighted by Gasteiger charge is -2.32. The van der Waals surface area contributed by atoms with Gasteiger partial charge in [0.1, 0.15) is 0 Å². The fraction of sp³-hybridized carbons (Fsp3) is 0.333. The van der Waals surface area contributed by atoms with Crippen molar-refractivity contribution in [3.8, 4) is 0 Å². The van der Waals surface area contributed by atoms with E-state index in [1.165, 1.54) is 6.42 Å². The van der Waals surface area contributed by atoms with Crippen LogP contribution in [0.4, 0.5) is 11.4 Å². The zero-order valence-corrected chi connectivity index (χ0v) is 14.9. The quantitative estimate of drug-likeness (QED) is 0.845. The highest BCUT2D eigenvalue weighted by atomic mass is 35.5. The van der Waals surface area contributed by atoms with Gasteiger partial charge in [0.15, 0.2) is 0 Å². The fourth-order valence-corrected chi connectivity index (χ4v) is 3.27. The summed E-state index contributed by atoms with van der Waals surface area (Å²) >= 11 is 12.1. The molecule has 24 heavy (non-hydrogen) atoms. The van der Waals surface area contributed by atoms with Crippen molar-refractivity contribution in [2.24, 2.45) is 5.92 Å². The molecule has 1 saturated heterocycles. The standard InChI is InChI=1S/C18H19Cl2N3O/c1-12-3-2-6-23(11-12)15-7-13(9-21-10-15)18(24)22-17-8-14(19)4-5-16(17)20/h4-5,7-10,12H,2-3,6,11H2,1H3,(H,22,24). The molecule has 0 bridgehead atoms. The minimum Gasteiger partial charge on any atom is -0.370 e. The van der Waals surface area contributed by atoms with Crippen molar-refractivity contribution in [3.05, 3.63) is 52.3 Å². The van der Waals surface area contributed by atoms with Crippen LogP contribution in [-0.4, -0.2) is 24.0 Å². The Hall–Kier alpha value is -1.78. The van der Waals surface area contributed by atoms with Gasteiger partial charge in [0, 0.05) is 24.3 Å². The molecule has 1 aliphatic heterocycles. The summed E-state index contributed by atoms with van der Waals surface area (Å²) in [6, 6.07) is 6.84. The van der Waals surface area contributed by atoms with Crippen LogP contribution in [0.3, 0.4) is 0 Å². The fourth-order valence-electron chi connectivity index (χ4n) is 2.94. The number of aromatic nitrogens is 1. The smallest absolute Gasteiger partial charge is 0.257 e. The van der Waals surface area contributed by atoms with E-state index in [0.717, 1.165) is 25.2 Å². The normalized spacial score (nSPS) is 17.6. The van der Waals surface area contributed by atoms with Crippen LogP contribution < -0.4 is 10.2 Å². The Balaban J connectivity index is 1.78. The van der Waals surface area contributed by atoms with Gasteiger partial charge in [-0.05, 0) is 43.0 Å². The van der Waals surface area contributed by atoms with E-state index in [4.69, 9.17) is 23.2 Å². The first-order chi connectivity index (χ1) is 11.5. The van der Waals surface area contributed by atoms with E-state index in [2.05, 4.69) is 22.1 Å². The second kappa shape index (κ2) is 7.41. The Morgan fingerprint density at radius 1 is 1.29 bits per heavy atom. The molecule has 1 atom stereocenters. The topological polar surface area (TPSA) is 45.2 Å². The van der Waals surface area contributed by atoms with Crippen molar-refractivity contribution in [1.29, 1.82) is 0 Å². The van der Waals surface area contributed by atoms with Gasteiger partial charge in [-0.15, -0.1) is 0 Å². The number of hydrogen-bond acceptors (Lipinski definition) is 3. The third-order valence-corrected chi connectivity index (χ3v) is 4.75. The highest BCUT2D eigenvalue weighted by molar-refractivity contribution is 6.35. The first-order valence-corrected chi connectivity index (χ1v) is 8.75. The molecule has 1 aliphatic rings. The average Bonchev–Trinajstić information content (AvgIpc) is 2.58. The van der Waals surface area contributed by atoms with Crippen LogP contribution in [0, 0.1) is 5.92 Å². The number of amides is 1. The molecule has 2 aromatic rings. The maximum absolute atomic E-state index is 12.5. The van der Waals surface area contributed by atoms with Gasteiger partial charge in [0.05, 0.1) is 28.2 Å². The summed E-state index contributed by atoms with van der Waals surface area (Å²) in [6.45, 7) is 4.24. The van der Waals surface area contributed by atoms with E-state index < -0.39 is 0 Å². The second-order valence-electron chi connectivity index (χ2n) is 6.20. The van der Waals surface area contributed by atoms with Gasteiger partial charge in [0.2, 0.25) is 0 Å². The van der Waals surface area contributed by atoms with Crippen molar-refractivity contribution in [3.63, 3.8) is 0 Å². The summed E-state index contributed by atoms with van der Waals surface area (Å²) in [5.74, 6) is 0.403. The van der Waals surface area contributed by atoms with E-state index >= 15 is 0 Å². The van der Waals surface area contributed by atoms with Crippen molar-refractivity contribution in [2.45, 2.75) is 19.8 Å². The number of anilines is 2. The van der Waals surface area contributed by atoms with Gasteiger partial charge in [0.25, 0.3) is 5.91 Å². The zero-order valence-electron chi connectivity index (χ0n) is 13.4. The number of benzene rings is 1. The van der Waals surface area contributed by atoms with Crippen LogP contribution in [0.1, 0.15) is 30.1 Å². The molecule has 1 aromatic carbocycles. The van der Waals surface area contributed by atoms with Crippen LogP contribution in [0.5, 0.6) is 0 Å². The Labute approximate surface area is 151 Å². The predicted octanol–water partition coefficient (Wildman–Crippen LogP) is 4.88. The summed E-state index contributed by atoms with van der Waals surface area (Å²) < 4.78 is 0. The number of rotatable bonds is 3. The maximum atomic E-state index is 12.5. The number of pyridine rings is 1. The van der Waals surface area contributed by atoms with Crippen LogP contribution in [0.25, 0.3) is 0 Å². The van der Waals surface area contributed by atoms with Crippen molar-refractivity contribution in [1.82, 2.24) is 4.98 Å². The minimum absolute atomic E-state index is 0.251. The van der Waals surface area contributed by atoms with Gasteiger partial charge >= 0.3 is 0 Å². The maximum Gasteiger partial charge on any atom is 0.257 e. The molecule has 0 aliphatic carbocycles. The summed E-state index contributed by atoms with van der Waals surface area (Å²) in [7, 11) is 0. The highest BCUT2D eigenvalue weighted by Gasteiger charge is 2.18. The van der Waals surface area contributed by atoms with Crippen LogP contribution in [-0.2, 0) is 0 Å². The summed E-state index contributed by atoms with van der Waals surface area (Å²) in [5, 5.41) is 3.76. The number of hydrogen-bond donors (Lipinski definition) is 1. The Kier molecular flexibility index (Phi) is 5.27. The molecule has 4 nitrogen and oxygen atoms in total. The number of nitrogens with zero attached hydrogens (tertiary/aromatic N) is 2. The van der Waals surface area contributed by atoms with E-state index in [1.807, 2.05) is 6.07 Å². The van der Waals surface area contributed by atoms with E-state index in [0.29, 0.717) is 27.2 Å². The Bertz CT molecular complexity index is 751. The van der Waals surface area contributed by atoms with Gasteiger partial charge < -0.3 is 10.2 Å². The lowest BCUT2D eigenvalue weighted by molar-refractivity contribution is 0.102. The van der Waals surface area contributed by atoms with Crippen molar-refractivity contribution >= 4 is 40.5 Å². The number of halogens is 2. The number of carbonyl (C=O) groups excluding carboxylic acids is 1. The molecule has 2 heterocycles. The molecule has 0 saturated carbocycles. The minimum atomic E-state index is -0.251. The average molecular weight is 364 g/mol. The molecule has 0 spiro atoms. The van der Waals surface area contributed by atoms with E-state index in [1.54, 1.807) is 30.6 Å². The molecular weight excluding hydrogens is 345 g/mol. The molecule has 0 radical (unpaired) electrons.